The van der Waals surface area contributed by atoms with Crippen molar-refractivity contribution in [1.29, 1.82) is 0 Å². The number of amides is 1. The van der Waals surface area contributed by atoms with Gasteiger partial charge in [0.2, 0.25) is 5.88 Å². The number of ether oxygens (including phenoxy) is 1. The van der Waals surface area contributed by atoms with Crippen LogP contribution in [-0.4, -0.2) is 44.0 Å². The second-order valence-electron chi connectivity index (χ2n) is 8.31. The van der Waals surface area contributed by atoms with Crippen molar-refractivity contribution in [1.82, 2.24) is 19.4 Å². The summed E-state index contributed by atoms with van der Waals surface area (Å²) in [5.74, 6) is 1.05. The van der Waals surface area contributed by atoms with Gasteiger partial charge in [0.15, 0.2) is 0 Å². The zero-order valence-corrected chi connectivity index (χ0v) is 17.3. The molecule has 1 aromatic carbocycles. The molecule has 3 atom stereocenters. The molecule has 3 aromatic rings. The fourth-order valence-corrected chi connectivity index (χ4v) is 4.74. The molecule has 32 heavy (non-hydrogen) atoms. The summed E-state index contributed by atoms with van der Waals surface area (Å²) in [6.07, 6.45) is 1.10. The number of aryl methyl sites for hydroxylation is 1. The first-order chi connectivity index (χ1) is 15.3. The van der Waals surface area contributed by atoms with E-state index in [9.17, 15) is 18.0 Å². The molecule has 5 rings (SSSR count). The molecule has 0 N–H and O–H groups in total. The molecule has 2 bridgehead atoms. The molecule has 166 valence electrons. The second kappa shape index (κ2) is 7.65. The highest BCUT2D eigenvalue weighted by Crippen LogP contribution is 2.41. The van der Waals surface area contributed by atoms with Crippen LogP contribution in [0.5, 0.6) is 5.88 Å². The predicted molar refractivity (Wildman–Crippen MR) is 110 cm³/mol. The van der Waals surface area contributed by atoms with Crippen molar-refractivity contribution < 1.29 is 22.7 Å². The van der Waals surface area contributed by atoms with E-state index in [4.69, 9.17) is 4.74 Å². The number of likely N-dealkylation sites (tertiary alicyclic amines) is 1. The van der Waals surface area contributed by atoms with Gasteiger partial charge in [-0.15, -0.1) is 0 Å². The van der Waals surface area contributed by atoms with Crippen LogP contribution in [0.4, 0.5) is 13.2 Å². The van der Waals surface area contributed by atoms with Gasteiger partial charge in [0, 0.05) is 43.8 Å². The molecular weight excluding hydrogens is 421 g/mol. The van der Waals surface area contributed by atoms with Crippen molar-refractivity contribution in [3.05, 3.63) is 66.1 Å². The number of benzene rings is 1. The Hall–Kier alpha value is -3.36. The number of fused-ring (bicyclic) bond motifs is 2. The lowest BCUT2D eigenvalue weighted by Crippen LogP contribution is -2.47. The summed E-state index contributed by atoms with van der Waals surface area (Å²) in [6, 6.07) is 9.42. The van der Waals surface area contributed by atoms with E-state index >= 15 is 0 Å². The van der Waals surface area contributed by atoms with Gasteiger partial charge >= 0.3 is 6.18 Å². The van der Waals surface area contributed by atoms with Crippen molar-refractivity contribution in [3.63, 3.8) is 0 Å². The molecule has 9 heteroatoms. The van der Waals surface area contributed by atoms with Gasteiger partial charge in [-0.25, -0.2) is 9.97 Å². The second-order valence-corrected chi connectivity index (χ2v) is 8.31. The number of hydrogen-bond acceptors (Lipinski definition) is 4. The number of nitrogens with zero attached hydrogens (tertiary/aromatic N) is 4. The molecule has 1 aliphatic carbocycles. The van der Waals surface area contributed by atoms with Crippen LogP contribution in [0.25, 0.3) is 11.4 Å². The molecule has 2 aromatic heterocycles. The molecule has 0 spiro atoms. The van der Waals surface area contributed by atoms with Crippen LogP contribution in [0.2, 0.25) is 0 Å². The first-order valence-electron chi connectivity index (χ1n) is 10.4. The lowest BCUT2D eigenvalue weighted by molar-refractivity contribution is -0.137. The van der Waals surface area contributed by atoms with Crippen LogP contribution in [0.15, 0.2) is 55.0 Å². The number of carbonyl (C=O) groups is 1. The van der Waals surface area contributed by atoms with Gasteiger partial charge in [0.25, 0.3) is 5.91 Å². The lowest BCUT2D eigenvalue weighted by atomic mass is 10.0. The minimum Gasteiger partial charge on any atom is -0.472 e. The molecular formula is C23H21F3N4O2. The Labute approximate surface area is 182 Å². The Morgan fingerprint density at radius 3 is 2.59 bits per heavy atom. The molecule has 2 aliphatic rings. The predicted octanol–water partition coefficient (Wildman–Crippen LogP) is 4.18. The SMILES string of the molecule is Cn1ccnc1-c1ccccc1C(=O)N1CC2CC(Oc3ccc(C(F)(F)F)cn3)C1C2. The number of rotatable bonds is 4. The molecule has 1 amide bonds. The first kappa shape index (κ1) is 20.5. The van der Waals surface area contributed by atoms with E-state index in [2.05, 4.69) is 9.97 Å². The number of alkyl halides is 3. The minimum atomic E-state index is -4.44. The van der Waals surface area contributed by atoms with Crippen molar-refractivity contribution in [2.75, 3.05) is 6.54 Å². The van der Waals surface area contributed by atoms with Gasteiger partial charge in [0.1, 0.15) is 11.9 Å². The zero-order chi connectivity index (χ0) is 22.5. The smallest absolute Gasteiger partial charge is 0.417 e. The topological polar surface area (TPSA) is 60.2 Å². The summed E-state index contributed by atoms with van der Waals surface area (Å²) in [7, 11) is 1.88. The molecule has 6 nitrogen and oxygen atoms in total. The zero-order valence-electron chi connectivity index (χ0n) is 17.3. The average molecular weight is 442 g/mol. The molecule has 1 saturated heterocycles. The van der Waals surface area contributed by atoms with Crippen LogP contribution >= 0.6 is 0 Å². The van der Waals surface area contributed by atoms with Crippen molar-refractivity contribution in [3.8, 4) is 17.3 Å². The molecule has 1 saturated carbocycles. The Kier molecular flexibility index (Phi) is 4.91. The summed E-state index contributed by atoms with van der Waals surface area (Å²) in [6.45, 7) is 0.638. The number of piperidine rings is 1. The normalized spacial score (nSPS) is 22.4. The third-order valence-electron chi connectivity index (χ3n) is 6.24. The Balaban J connectivity index is 1.36. The third-order valence-corrected chi connectivity index (χ3v) is 6.24. The maximum atomic E-state index is 13.5. The Morgan fingerprint density at radius 1 is 1.12 bits per heavy atom. The van der Waals surface area contributed by atoms with E-state index in [-0.39, 0.29) is 23.9 Å². The van der Waals surface area contributed by atoms with Gasteiger partial charge in [-0.05, 0) is 30.9 Å². The van der Waals surface area contributed by atoms with Gasteiger partial charge < -0.3 is 14.2 Å². The quantitative estimate of drug-likeness (QED) is 0.608. The standard InChI is InChI=1S/C23H21F3N4O2/c1-29-9-8-27-21(29)16-4-2-3-5-17(16)22(31)30-13-14-10-18(30)19(11-14)32-20-7-6-15(12-28-20)23(24,25)26/h2-9,12,14,18-19H,10-11,13H2,1H3. The fraction of sp³-hybridized carbons (Fsp3) is 0.348. The van der Waals surface area contributed by atoms with Gasteiger partial charge in [-0.1, -0.05) is 18.2 Å². The summed E-state index contributed by atoms with van der Waals surface area (Å²) < 4.78 is 46.1. The first-order valence-corrected chi connectivity index (χ1v) is 10.4. The minimum absolute atomic E-state index is 0.0928. The van der Waals surface area contributed by atoms with Gasteiger partial charge in [0.05, 0.1) is 17.2 Å². The summed E-state index contributed by atoms with van der Waals surface area (Å²) in [5, 5.41) is 0. The van der Waals surface area contributed by atoms with Crippen LogP contribution in [-0.2, 0) is 13.2 Å². The molecule has 1 aliphatic heterocycles. The van der Waals surface area contributed by atoms with E-state index in [1.807, 2.05) is 40.9 Å². The highest BCUT2D eigenvalue weighted by molar-refractivity contribution is 6.00. The largest absolute Gasteiger partial charge is 0.472 e. The number of pyridine rings is 1. The van der Waals surface area contributed by atoms with Crippen LogP contribution in [0.1, 0.15) is 28.8 Å². The van der Waals surface area contributed by atoms with E-state index in [1.165, 1.54) is 6.07 Å². The maximum absolute atomic E-state index is 13.5. The summed E-state index contributed by atoms with van der Waals surface area (Å²) in [4.78, 5) is 23.5. The molecule has 3 unspecified atom stereocenters. The summed E-state index contributed by atoms with van der Waals surface area (Å²) >= 11 is 0. The summed E-state index contributed by atoms with van der Waals surface area (Å²) in [5.41, 5.74) is 0.510. The third kappa shape index (κ3) is 3.61. The Morgan fingerprint density at radius 2 is 1.94 bits per heavy atom. The van der Waals surface area contributed by atoms with Crippen LogP contribution in [0.3, 0.4) is 0 Å². The van der Waals surface area contributed by atoms with E-state index in [0.29, 0.717) is 23.9 Å². The average Bonchev–Trinajstić information content (AvgIpc) is 3.49. The van der Waals surface area contributed by atoms with Crippen molar-refractivity contribution in [2.45, 2.75) is 31.2 Å². The number of imidazole rings is 1. The number of carbonyl (C=O) groups excluding carboxylic acids is 1. The monoisotopic (exact) mass is 442 g/mol. The number of aromatic nitrogens is 3. The highest BCUT2D eigenvalue weighted by atomic mass is 19.4. The molecule has 2 fully saturated rings. The maximum Gasteiger partial charge on any atom is 0.417 e. The van der Waals surface area contributed by atoms with Gasteiger partial charge in [-0.2, -0.15) is 13.2 Å². The molecule has 0 radical (unpaired) electrons. The van der Waals surface area contributed by atoms with Crippen LogP contribution < -0.4 is 4.74 Å². The van der Waals surface area contributed by atoms with Crippen LogP contribution in [0, 0.1) is 5.92 Å². The van der Waals surface area contributed by atoms with Crippen molar-refractivity contribution >= 4 is 5.91 Å². The van der Waals surface area contributed by atoms with E-state index < -0.39 is 11.7 Å². The van der Waals surface area contributed by atoms with E-state index in [1.54, 1.807) is 12.3 Å². The lowest BCUT2D eigenvalue weighted by Gasteiger charge is -2.33. The Bertz CT molecular complexity index is 1140. The number of hydrogen-bond donors (Lipinski definition) is 0. The van der Waals surface area contributed by atoms with Crippen molar-refractivity contribution in [2.24, 2.45) is 13.0 Å². The molecule has 3 heterocycles. The highest BCUT2D eigenvalue weighted by Gasteiger charge is 2.48. The number of halogens is 3. The van der Waals surface area contributed by atoms with E-state index in [0.717, 1.165) is 30.7 Å². The van der Waals surface area contributed by atoms with Gasteiger partial charge in [-0.3, -0.25) is 4.79 Å². The fourth-order valence-electron chi connectivity index (χ4n) is 4.74.